The largest absolute Gasteiger partial charge is 0.383 e. The first-order chi connectivity index (χ1) is 9.13. The summed E-state index contributed by atoms with van der Waals surface area (Å²) >= 11 is 6.18. The fourth-order valence-corrected chi connectivity index (χ4v) is 2.43. The van der Waals surface area contributed by atoms with Crippen LogP contribution in [0.25, 0.3) is 0 Å². The van der Waals surface area contributed by atoms with E-state index in [2.05, 4.69) is 22.2 Å². The maximum absolute atomic E-state index is 12.1. The van der Waals surface area contributed by atoms with E-state index in [9.17, 15) is 4.79 Å². The third-order valence-corrected chi connectivity index (χ3v) is 3.54. The van der Waals surface area contributed by atoms with Gasteiger partial charge in [0.1, 0.15) is 5.02 Å². The molecule has 1 N–H and O–H groups in total. The highest BCUT2D eigenvalue weighted by Crippen LogP contribution is 2.21. The summed E-state index contributed by atoms with van der Waals surface area (Å²) in [5, 5.41) is 7.74. The molecule has 0 aromatic carbocycles. The maximum Gasteiger partial charge on any atom is 0.287 e. The zero-order valence-electron chi connectivity index (χ0n) is 11.2. The van der Waals surface area contributed by atoms with Gasteiger partial charge >= 0.3 is 0 Å². The van der Waals surface area contributed by atoms with Gasteiger partial charge in [0.05, 0.1) is 25.0 Å². The van der Waals surface area contributed by atoms with Gasteiger partial charge in [-0.15, -0.1) is 0 Å². The molecule has 2 heterocycles. The Morgan fingerprint density at radius 1 is 1.63 bits per heavy atom. The van der Waals surface area contributed by atoms with Crippen molar-refractivity contribution in [3.8, 4) is 0 Å². The van der Waals surface area contributed by atoms with Crippen LogP contribution in [0.3, 0.4) is 0 Å². The van der Waals surface area contributed by atoms with Gasteiger partial charge in [-0.3, -0.25) is 4.79 Å². The Labute approximate surface area is 117 Å². The van der Waals surface area contributed by atoms with E-state index in [-0.39, 0.29) is 10.6 Å². The number of aromatic nitrogens is 2. The molecule has 106 valence electrons. The number of ether oxygens (including phenoxy) is 1. The zero-order valence-corrected chi connectivity index (χ0v) is 12.0. The molecule has 0 aliphatic carbocycles. The van der Waals surface area contributed by atoms with E-state index in [1.807, 2.05) is 0 Å². The van der Waals surface area contributed by atoms with Crippen molar-refractivity contribution in [2.45, 2.75) is 19.5 Å². The summed E-state index contributed by atoms with van der Waals surface area (Å²) in [6.07, 6.45) is 1.66. The van der Waals surface area contributed by atoms with Crippen LogP contribution < -0.4 is 15.8 Å². The zero-order chi connectivity index (χ0) is 13.8. The molecule has 0 bridgehead atoms. The molecule has 6 nitrogen and oxygen atoms in total. The van der Waals surface area contributed by atoms with Gasteiger partial charge in [0.2, 0.25) is 0 Å². The van der Waals surface area contributed by atoms with Crippen molar-refractivity contribution in [3.63, 3.8) is 0 Å². The molecule has 1 aliphatic rings. The van der Waals surface area contributed by atoms with Crippen LogP contribution in [0.1, 0.15) is 6.92 Å². The van der Waals surface area contributed by atoms with Gasteiger partial charge in [0.15, 0.2) is 0 Å². The molecule has 1 aromatic rings. The van der Waals surface area contributed by atoms with Crippen LogP contribution in [0.15, 0.2) is 11.0 Å². The molecular formula is C12H19ClN4O2. The van der Waals surface area contributed by atoms with Crippen LogP contribution in [0.4, 0.5) is 5.69 Å². The summed E-state index contributed by atoms with van der Waals surface area (Å²) < 4.78 is 6.27. The second kappa shape index (κ2) is 6.36. The van der Waals surface area contributed by atoms with E-state index in [0.717, 1.165) is 19.6 Å². The SMILES string of the molecule is COCCn1ncc(N2CCN[C@H](C)C2)c(Cl)c1=O. The number of anilines is 1. The lowest BCUT2D eigenvalue weighted by molar-refractivity contribution is 0.182. The molecule has 1 saturated heterocycles. The third-order valence-electron chi connectivity index (χ3n) is 3.18. The van der Waals surface area contributed by atoms with Crippen molar-refractivity contribution in [2.24, 2.45) is 0 Å². The minimum Gasteiger partial charge on any atom is -0.383 e. The standard InChI is InChI=1S/C12H19ClN4O2/c1-9-8-16(4-3-14-9)10-7-15-17(5-6-19-2)12(18)11(10)13/h7,9,14H,3-6,8H2,1-2H3/t9-/m1/s1. The minimum atomic E-state index is -0.262. The highest BCUT2D eigenvalue weighted by Gasteiger charge is 2.20. The van der Waals surface area contributed by atoms with Gasteiger partial charge in [-0.1, -0.05) is 11.6 Å². The Balaban J connectivity index is 2.22. The number of hydrogen-bond acceptors (Lipinski definition) is 5. The maximum atomic E-state index is 12.1. The monoisotopic (exact) mass is 286 g/mol. The fraction of sp³-hybridized carbons (Fsp3) is 0.667. The Hall–Kier alpha value is -1.11. The van der Waals surface area contributed by atoms with Crippen molar-refractivity contribution in [1.29, 1.82) is 0 Å². The highest BCUT2D eigenvalue weighted by molar-refractivity contribution is 6.33. The molecule has 0 spiro atoms. The van der Waals surface area contributed by atoms with Crippen molar-refractivity contribution >= 4 is 17.3 Å². The average molecular weight is 287 g/mol. The van der Waals surface area contributed by atoms with Gasteiger partial charge in [-0.05, 0) is 6.92 Å². The second-order valence-corrected chi connectivity index (χ2v) is 5.04. The average Bonchev–Trinajstić information content (AvgIpc) is 2.40. The quantitative estimate of drug-likeness (QED) is 0.865. The van der Waals surface area contributed by atoms with Crippen molar-refractivity contribution in [3.05, 3.63) is 21.6 Å². The first-order valence-corrected chi connectivity index (χ1v) is 6.74. The van der Waals surface area contributed by atoms with Crippen molar-refractivity contribution in [2.75, 3.05) is 38.3 Å². The number of nitrogens with one attached hydrogen (secondary N) is 1. The Kier molecular flexibility index (Phi) is 4.79. The van der Waals surface area contributed by atoms with Gasteiger partial charge in [-0.2, -0.15) is 5.10 Å². The fourth-order valence-electron chi connectivity index (χ4n) is 2.16. The summed E-state index contributed by atoms with van der Waals surface area (Å²) in [5.41, 5.74) is 0.455. The number of nitrogens with zero attached hydrogens (tertiary/aromatic N) is 3. The first kappa shape index (κ1) is 14.3. The second-order valence-electron chi connectivity index (χ2n) is 4.67. The lowest BCUT2D eigenvalue weighted by Crippen LogP contribution is -2.49. The van der Waals surface area contributed by atoms with E-state index in [1.54, 1.807) is 13.3 Å². The molecule has 19 heavy (non-hydrogen) atoms. The summed E-state index contributed by atoms with van der Waals surface area (Å²) in [5.74, 6) is 0. The van der Waals surface area contributed by atoms with Crippen LogP contribution in [0.2, 0.25) is 5.02 Å². The van der Waals surface area contributed by atoms with Gasteiger partial charge in [0, 0.05) is 32.8 Å². The van der Waals surface area contributed by atoms with E-state index in [0.29, 0.717) is 24.9 Å². The molecule has 1 aromatic heterocycles. The van der Waals surface area contributed by atoms with E-state index in [4.69, 9.17) is 16.3 Å². The minimum absolute atomic E-state index is 0.236. The number of hydrogen-bond donors (Lipinski definition) is 1. The van der Waals surface area contributed by atoms with Crippen LogP contribution >= 0.6 is 11.6 Å². The molecule has 0 radical (unpaired) electrons. The lowest BCUT2D eigenvalue weighted by atomic mass is 10.2. The number of halogens is 1. The molecule has 1 fully saturated rings. The number of rotatable bonds is 4. The van der Waals surface area contributed by atoms with Crippen LogP contribution in [0.5, 0.6) is 0 Å². The Morgan fingerprint density at radius 2 is 2.42 bits per heavy atom. The topological polar surface area (TPSA) is 59.4 Å². The summed E-state index contributed by atoms with van der Waals surface area (Å²) in [7, 11) is 1.59. The van der Waals surface area contributed by atoms with Crippen LogP contribution in [-0.2, 0) is 11.3 Å². The lowest BCUT2D eigenvalue weighted by Gasteiger charge is -2.33. The number of piperazine rings is 1. The molecule has 1 atom stereocenters. The smallest absolute Gasteiger partial charge is 0.287 e. The predicted octanol–water partition coefficient (Wildman–Crippen LogP) is 0.341. The third kappa shape index (κ3) is 3.26. The molecule has 7 heteroatoms. The van der Waals surface area contributed by atoms with E-state index >= 15 is 0 Å². The molecule has 1 aliphatic heterocycles. The molecule has 0 unspecified atom stereocenters. The van der Waals surface area contributed by atoms with E-state index in [1.165, 1.54) is 4.68 Å². The van der Waals surface area contributed by atoms with Crippen LogP contribution in [-0.4, -0.2) is 49.2 Å². The van der Waals surface area contributed by atoms with Gasteiger partial charge in [0.25, 0.3) is 5.56 Å². The van der Waals surface area contributed by atoms with Crippen molar-refractivity contribution < 1.29 is 4.74 Å². The summed E-state index contributed by atoms with van der Waals surface area (Å²) in [6, 6.07) is 0.376. The molecule has 2 rings (SSSR count). The van der Waals surface area contributed by atoms with E-state index < -0.39 is 0 Å². The summed E-state index contributed by atoms with van der Waals surface area (Å²) in [4.78, 5) is 14.2. The number of methoxy groups -OCH3 is 1. The van der Waals surface area contributed by atoms with Gasteiger partial charge in [-0.25, -0.2) is 4.68 Å². The molecule has 0 amide bonds. The Morgan fingerprint density at radius 3 is 3.11 bits per heavy atom. The highest BCUT2D eigenvalue weighted by atomic mass is 35.5. The normalized spacial score (nSPS) is 19.7. The Bertz CT molecular complexity index is 491. The van der Waals surface area contributed by atoms with Crippen LogP contribution in [0, 0.1) is 0 Å². The van der Waals surface area contributed by atoms with Crippen molar-refractivity contribution in [1.82, 2.24) is 15.1 Å². The predicted molar refractivity (Wildman–Crippen MR) is 75.1 cm³/mol. The molecule has 0 saturated carbocycles. The summed E-state index contributed by atoms with van der Waals surface area (Å²) in [6.45, 7) is 5.48. The molecular weight excluding hydrogens is 268 g/mol. The van der Waals surface area contributed by atoms with Gasteiger partial charge < -0.3 is 15.0 Å². The first-order valence-electron chi connectivity index (χ1n) is 6.36.